The molecule has 0 spiro atoms. The van der Waals surface area contributed by atoms with Crippen LogP contribution in [0.25, 0.3) is 0 Å². The van der Waals surface area contributed by atoms with Gasteiger partial charge in [-0.05, 0) is 44.4 Å². The van der Waals surface area contributed by atoms with Gasteiger partial charge in [-0.2, -0.15) is 0 Å². The van der Waals surface area contributed by atoms with Crippen molar-refractivity contribution in [3.05, 3.63) is 47.7 Å². The van der Waals surface area contributed by atoms with Crippen LogP contribution in [0.1, 0.15) is 56.0 Å². The van der Waals surface area contributed by atoms with Crippen molar-refractivity contribution in [1.29, 1.82) is 0 Å². The number of alkyl carbamates (subject to hydrolysis) is 1. The average molecular weight is 422 g/mol. The van der Waals surface area contributed by atoms with Crippen LogP contribution in [-0.4, -0.2) is 52.6 Å². The maximum absolute atomic E-state index is 11.6. The quantitative estimate of drug-likeness (QED) is 0.436. The first-order valence-corrected chi connectivity index (χ1v) is 10.2. The number of aromatic nitrogens is 1. The summed E-state index contributed by atoms with van der Waals surface area (Å²) in [6, 6.07) is 6.97. The van der Waals surface area contributed by atoms with E-state index in [0.29, 0.717) is 12.3 Å². The van der Waals surface area contributed by atoms with Crippen LogP contribution in [0.5, 0.6) is 5.75 Å². The van der Waals surface area contributed by atoms with Gasteiger partial charge in [-0.3, -0.25) is 0 Å². The number of carbonyl (C=O) groups is 2. The molecule has 1 amide bonds. The van der Waals surface area contributed by atoms with E-state index >= 15 is 0 Å². The summed E-state index contributed by atoms with van der Waals surface area (Å²) < 4.78 is 16.6. The van der Waals surface area contributed by atoms with Crippen molar-refractivity contribution in [2.24, 2.45) is 5.92 Å². The van der Waals surface area contributed by atoms with Crippen LogP contribution in [0.3, 0.4) is 0 Å². The summed E-state index contributed by atoms with van der Waals surface area (Å²) in [7, 11) is 0. The third-order valence-corrected chi connectivity index (χ3v) is 6.06. The maximum atomic E-state index is 11.6. The van der Waals surface area contributed by atoms with Crippen molar-refractivity contribution in [3.63, 3.8) is 0 Å². The summed E-state index contributed by atoms with van der Waals surface area (Å²) >= 11 is 0. The molecule has 2 atom stereocenters. The molecule has 1 saturated heterocycles. The minimum absolute atomic E-state index is 0. The number of ether oxygens (including phenoxy) is 2. The molecular weight excluding hydrogens is 395 g/mol. The van der Waals surface area contributed by atoms with Gasteiger partial charge in [0.15, 0.2) is 12.0 Å². The van der Waals surface area contributed by atoms with Crippen molar-refractivity contribution >= 4 is 41.6 Å². The fraction of sp³-hybridized carbons (Fsp3) is 0.500. The molecular formula is C22H27N2NaO5. The molecule has 7 nitrogen and oxygen atoms in total. The molecule has 1 aromatic carbocycles. The van der Waals surface area contributed by atoms with Crippen LogP contribution in [-0.2, 0) is 21.6 Å². The molecule has 1 N–H and O–H groups in total. The first kappa shape index (κ1) is 22.8. The number of aryl methyl sites for hydroxylation is 1. The Labute approximate surface area is 198 Å². The topological polar surface area (TPSA) is 90.7 Å². The van der Waals surface area contributed by atoms with E-state index < -0.39 is 23.7 Å². The Balaban J connectivity index is 0.00000256. The second kappa shape index (κ2) is 9.54. The van der Waals surface area contributed by atoms with Crippen LogP contribution < -0.4 is 10.1 Å². The van der Waals surface area contributed by atoms with E-state index in [2.05, 4.69) is 22.0 Å². The van der Waals surface area contributed by atoms with E-state index in [-0.39, 0.29) is 29.6 Å². The Kier molecular flexibility index (Phi) is 7.26. The van der Waals surface area contributed by atoms with Gasteiger partial charge in [0, 0.05) is 12.3 Å². The Morgan fingerprint density at radius 2 is 1.87 bits per heavy atom. The Bertz CT molecular complexity index is 891. The fourth-order valence-electron chi connectivity index (χ4n) is 4.46. The summed E-state index contributed by atoms with van der Waals surface area (Å²) in [5.41, 5.74) is 1.20. The van der Waals surface area contributed by atoms with Gasteiger partial charge < -0.3 is 19.2 Å². The molecule has 2 unspecified atom stereocenters. The number of amides is 1. The summed E-state index contributed by atoms with van der Waals surface area (Å²) in [4.78, 5) is 27.3. The molecule has 0 bridgehead atoms. The zero-order valence-corrected chi connectivity index (χ0v) is 16.8. The number of rotatable bonds is 6. The number of hydrogen-bond donors (Lipinski definition) is 1. The van der Waals surface area contributed by atoms with Crippen molar-refractivity contribution < 1.29 is 23.5 Å². The van der Waals surface area contributed by atoms with E-state index in [1.807, 2.05) is 31.2 Å². The third kappa shape index (κ3) is 4.74. The number of nitrogens with one attached hydrogen (secondary N) is 1. The summed E-state index contributed by atoms with van der Waals surface area (Å²) in [5.74, 6) is 1.34. The fourth-order valence-corrected chi connectivity index (χ4v) is 4.46. The van der Waals surface area contributed by atoms with E-state index in [0.717, 1.165) is 35.6 Å². The summed E-state index contributed by atoms with van der Waals surface area (Å²) in [5, 5.41) is 2.51. The second-order valence-electron chi connectivity index (χ2n) is 8.05. The SMILES string of the molecule is Cc1ocnc1C(C)(Oc1ccc(CC2NC(=O)OC2=O)cc1)C1CCCCC1.[NaH]. The van der Waals surface area contributed by atoms with Gasteiger partial charge in [-0.25, -0.2) is 14.6 Å². The molecule has 1 aliphatic heterocycles. The van der Waals surface area contributed by atoms with E-state index in [1.165, 1.54) is 25.7 Å². The third-order valence-electron chi connectivity index (χ3n) is 6.06. The number of hydrogen-bond acceptors (Lipinski definition) is 6. The van der Waals surface area contributed by atoms with E-state index in [9.17, 15) is 9.59 Å². The molecule has 156 valence electrons. The standard InChI is InChI=1S/C22H26N2O5.Na.H/c1-14-19(23-13-27-14)22(2,16-6-4-3-5-7-16)29-17-10-8-15(9-11-17)12-18-20(25)28-21(26)24-18;;/h8-11,13,16,18H,3-7,12H2,1-2H3,(H,24,26);;. The van der Waals surface area contributed by atoms with Gasteiger partial charge in [0.1, 0.15) is 23.2 Å². The molecule has 8 heteroatoms. The van der Waals surface area contributed by atoms with Gasteiger partial charge in [0.25, 0.3) is 0 Å². The zero-order valence-electron chi connectivity index (χ0n) is 16.8. The van der Waals surface area contributed by atoms with E-state index in [1.54, 1.807) is 0 Å². The predicted molar refractivity (Wildman–Crippen MR) is 112 cm³/mol. The van der Waals surface area contributed by atoms with Crippen molar-refractivity contribution in [3.8, 4) is 5.75 Å². The molecule has 4 rings (SSSR count). The Morgan fingerprint density at radius 1 is 1.17 bits per heavy atom. The molecule has 1 saturated carbocycles. The van der Waals surface area contributed by atoms with Gasteiger partial charge in [0.2, 0.25) is 0 Å². The van der Waals surface area contributed by atoms with Gasteiger partial charge in [-0.1, -0.05) is 31.4 Å². The normalized spacial score (nSPS) is 21.3. The van der Waals surface area contributed by atoms with Gasteiger partial charge in [0.05, 0.1) is 0 Å². The molecule has 2 aliphatic rings. The Morgan fingerprint density at radius 3 is 2.43 bits per heavy atom. The van der Waals surface area contributed by atoms with Gasteiger partial charge in [-0.15, -0.1) is 0 Å². The summed E-state index contributed by atoms with van der Waals surface area (Å²) in [6.07, 6.45) is 7.03. The van der Waals surface area contributed by atoms with Crippen LogP contribution >= 0.6 is 0 Å². The first-order chi connectivity index (χ1) is 14.0. The van der Waals surface area contributed by atoms with Crippen molar-refractivity contribution in [1.82, 2.24) is 10.3 Å². The molecule has 2 fully saturated rings. The molecule has 2 aromatic rings. The van der Waals surface area contributed by atoms with Gasteiger partial charge >= 0.3 is 41.6 Å². The molecule has 1 aromatic heterocycles. The summed E-state index contributed by atoms with van der Waals surface area (Å²) in [6.45, 7) is 4.02. The number of esters is 1. The number of nitrogens with zero attached hydrogens (tertiary/aromatic N) is 1. The number of carbonyl (C=O) groups excluding carboxylic acids is 2. The molecule has 0 radical (unpaired) electrons. The van der Waals surface area contributed by atoms with E-state index in [4.69, 9.17) is 9.15 Å². The van der Waals surface area contributed by atoms with Crippen LogP contribution in [0.2, 0.25) is 0 Å². The number of oxazole rings is 1. The number of benzene rings is 1. The molecule has 1 aliphatic carbocycles. The zero-order chi connectivity index (χ0) is 20.4. The van der Waals surface area contributed by atoms with Crippen molar-refractivity contribution in [2.75, 3.05) is 0 Å². The number of cyclic esters (lactones) is 2. The predicted octanol–water partition coefficient (Wildman–Crippen LogP) is 3.39. The average Bonchev–Trinajstić information content (AvgIpc) is 3.29. The van der Waals surface area contributed by atoms with Crippen LogP contribution in [0, 0.1) is 12.8 Å². The van der Waals surface area contributed by atoms with Crippen LogP contribution in [0.4, 0.5) is 4.79 Å². The second-order valence-corrected chi connectivity index (χ2v) is 8.05. The molecule has 2 heterocycles. The Hall–Kier alpha value is -1.83. The van der Waals surface area contributed by atoms with Crippen LogP contribution in [0.15, 0.2) is 35.1 Å². The monoisotopic (exact) mass is 422 g/mol. The minimum atomic E-state index is -0.689. The first-order valence-electron chi connectivity index (χ1n) is 10.2. The van der Waals surface area contributed by atoms with Crippen molar-refractivity contribution in [2.45, 2.75) is 64.0 Å². The molecule has 30 heavy (non-hydrogen) atoms.